The van der Waals surface area contributed by atoms with Crippen LogP contribution in [0.3, 0.4) is 0 Å². The van der Waals surface area contributed by atoms with Gasteiger partial charge in [-0.15, -0.1) is 0 Å². The number of nitrogens with zero attached hydrogens (tertiary/aromatic N) is 2. The molecule has 2 aromatic rings. The van der Waals surface area contributed by atoms with E-state index in [0.29, 0.717) is 12.2 Å². The van der Waals surface area contributed by atoms with Crippen LogP contribution < -0.4 is 5.73 Å². The number of hydrogen-bond donors (Lipinski definition) is 1. The molecule has 1 unspecified atom stereocenters. The molecule has 0 bridgehead atoms. The van der Waals surface area contributed by atoms with Crippen molar-refractivity contribution >= 4 is 0 Å². The summed E-state index contributed by atoms with van der Waals surface area (Å²) in [5.41, 5.74) is 5.91. The van der Waals surface area contributed by atoms with Crippen LogP contribution in [-0.2, 0) is 6.42 Å². The number of benzene rings is 1. The molecule has 2 N–H and O–H groups in total. The van der Waals surface area contributed by atoms with Gasteiger partial charge in [0, 0.05) is 5.56 Å². The molecule has 1 aromatic heterocycles. The summed E-state index contributed by atoms with van der Waals surface area (Å²) >= 11 is 0. The van der Waals surface area contributed by atoms with Crippen molar-refractivity contribution in [2.24, 2.45) is 5.73 Å². The van der Waals surface area contributed by atoms with Gasteiger partial charge in [0.1, 0.15) is 0 Å². The van der Waals surface area contributed by atoms with Crippen LogP contribution in [0, 0.1) is 11.6 Å². The highest BCUT2D eigenvalue weighted by molar-refractivity contribution is 5.21. The Morgan fingerprint density at radius 3 is 2.89 bits per heavy atom. The average molecular weight is 253 g/mol. The number of rotatable bonds is 4. The van der Waals surface area contributed by atoms with Crippen LogP contribution in [0.1, 0.15) is 36.7 Å². The van der Waals surface area contributed by atoms with Crippen molar-refractivity contribution in [1.29, 1.82) is 0 Å². The Labute approximate surface area is 103 Å². The van der Waals surface area contributed by atoms with E-state index in [1.165, 1.54) is 12.1 Å². The second-order valence-corrected chi connectivity index (χ2v) is 3.95. The summed E-state index contributed by atoms with van der Waals surface area (Å²) in [4.78, 5) is 4.06. The van der Waals surface area contributed by atoms with Crippen molar-refractivity contribution in [2.45, 2.75) is 25.8 Å². The van der Waals surface area contributed by atoms with Gasteiger partial charge in [-0.3, -0.25) is 0 Å². The van der Waals surface area contributed by atoms with E-state index < -0.39 is 11.6 Å². The standard InChI is InChI=1S/C12H13F2N3O/c1-2-9(15)12-16-10(18-17-12)6-7-4-3-5-8(13)11(7)14/h3-5,9H,2,6,15H2,1H3. The zero-order valence-corrected chi connectivity index (χ0v) is 9.86. The quantitative estimate of drug-likeness (QED) is 0.908. The molecule has 0 radical (unpaired) electrons. The molecular formula is C12H13F2N3O. The number of hydrogen-bond acceptors (Lipinski definition) is 4. The highest BCUT2D eigenvalue weighted by Crippen LogP contribution is 2.16. The zero-order valence-electron chi connectivity index (χ0n) is 9.86. The van der Waals surface area contributed by atoms with Crippen molar-refractivity contribution in [3.05, 3.63) is 47.1 Å². The van der Waals surface area contributed by atoms with E-state index in [-0.39, 0.29) is 23.9 Å². The van der Waals surface area contributed by atoms with Crippen molar-refractivity contribution < 1.29 is 13.3 Å². The SMILES string of the molecule is CCC(N)c1noc(Cc2cccc(F)c2F)n1. The molecule has 0 saturated carbocycles. The molecule has 96 valence electrons. The van der Waals surface area contributed by atoms with Crippen LogP contribution in [0.25, 0.3) is 0 Å². The van der Waals surface area contributed by atoms with Crippen LogP contribution >= 0.6 is 0 Å². The first-order chi connectivity index (χ1) is 8.61. The van der Waals surface area contributed by atoms with Gasteiger partial charge in [0.25, 0.3) is 0 Å². The van der Waals surface area contributed by atoms with Gasteiger partial charge in [0.15, 0.2) is 17.5 Å². The smallest absolute Gasteiger partial charge is 0.231 e. The molecule has 1 atom stereocenters. The number of aromatic nitrogens is 2. The molecule has 18 heavy (non-hydrogen) atoms. The summed E-state index contributed by atoms with van der Waals surface area (Å²) in [5, 5.41) is 3.71. The average Bonchev–Trinajstić information content (AvgIpc) is 2.82. The second-order valence-electron chi connectivity index (χ2n) is 3.95. The van der Waals surface area contributed by atoms with Gasteiger partial charge in [-0.1, -0.05) is 24.2 Å². The minimum atomic E-state index is -0.892. The van der Waals surface area contributed by atoms with Crippen molar-refractivity contribution in [2.75, 3.05) is 0 Å². The molecule has 1 heterocycles. The Bertz CT molecular complexity index is 542. The lowest BCUT2D eigenvalue weighted by Gasteiger charge is -2.00. The van der Waals surface area contributed by atoms with Crippen LogP contribution in [0.2, 0.25) is 0 Å². The minimum absolute atomic E-state index is 0.0486. The Hall–Kier alpha value is -1.82. The fraction of sp³-hybridized carbons (Fsp3) is 0.333. The summed E-state index contributed by atoms with van der Waals surface area (Å²) in [6.07, 6.45) is 0.723. The largest absolute Gasteiger partial charge is 0.339 e. The normalized spacial score (nSPS) is 12.7. The van der Waals surface area contributed by atoms with Gasteiger partial charge < -0.3 is 10.3 Å². The Balaban J connectivity index is 2.19. The topological polar surface area (TPSA) is 64.9 Å². The number of nitrogens with two attached hydrogens (primary N) is 1. The molecule has 0 amide bonds. The summed E-state index contributed by atoms with van der Waals surface area (Å²) < 4.78 is 31.4. The first kappa shape index (κ1) is 12.6. The van der Waals surface area contributed by atoms with E-state index in [1.807, 2.05) is 6.92 Å². The van der Waals surface area contributed by atoms with Crippen molar-refractivity contribution in [3.8, 4) is 0 Å². The van der Waals surface area contributed by atoms with Gasteiger partial charge in [0.05, 0.1) is 12.5 Å². The minimum Gasteiger partial charge on any atom is -0.339 e. The first-order valence-corrected chi connectivity index (χ1v) is 5.62. The van der Waals surface area contributed by atoms with E-state index in [2.05, 4.69) is 10.1 Å². The van der Waals surface area contributed by atoms with Crippen LogP contribution in [0.5, 0.6) is 0 Å². The van der Waals surface area contributed by atoms with E-state index in [1.54, 1.807) is 0 Å². The maximum atomic E-state index is 13.4. The van der Waals surface area contributed by atoms with Crippen LogP contribution in [0.4, 0.5) is 8.78 Å². The Kier molecular flexibility index (Phi) is 3.66. The third-order valence-corrected chi connectivity index (χ3v) is 2.63. The first-order valence-electron chi connectivity index (χ1n) is 5.62. The number of halogens is 2. The summed E-state index contributed by atoms with van der Waals surface area (Å²) in [6, 6.07) is 3.66. The lowest BCUT2D eigenvalue weighted by atomic mass is 10.1. The van der Waals surface area contributed by atoms with Gasteiger partial charge >= 0.3 is 0 Å². The van der Waals surface area contributed by atoms with Gasteiger partial charge in [0.2, 0.25) is 5.89 Å². The maximum absolute atomic E-state index is 13.4. The molecule has 0 aliphatic heterocycles. The van der Waals surface area contributed by atoms with E-state index in [0.717, 1.165) is 6.07 Å². The molecular weight excluding hydrogens is 240 g/mol. The van der Waals surface area contributed by atoms with E-state index in [4.69, 9.17) is 10.3 Å². The lowest BCUT2D eigenvalue weighted by molar-refractivity contribution is 0.373. The van der Waals surface area contributed by atoms with Gasteiger partial charge in [-0.2, -0.15) is 4.98 Å². The van der Waals surface area contributed by atoms with Gasteiger partial charge in [-0.05, 0) is 12.5 Å². The second kappa shape index (κ2) is 5.22. The molecule has 0 saturated heterocycles. The van der Waals surface area contributed by atoms with E-state index >= 15 is 0 Å². The fourth-order valence-corrected chi connectivity index (χ4v) is 1.52. The summed E-state index contributed by atoms with van der Waals surface area (Å²) in [5.74, 6) is -1.18. The Morgan fingerprint density at radius 2 is 2.17 bits per heavy atom. The summed E-state index contributed by atoms with van der Waals surface area (Å²) in [7, 11) is 0. The summed E-state index contributed by atoms with van der Waals surface area (Å²) in [6.45, 7) is 1.90. The predicted octanol–water partition coefficient (Wildman–Crippen LogP) is 2.35. The third kappa shape index (κ3) is 2.53. The van der Waals surface area contributed by atoms with Crippen LogP contribution in [0.15, 0.2) is 22.7 Å². The lowest BCUT2D eigenvalue weighted by Crippen LogP contribution is -2.10. The molecule has 2 rings (SSSR count). The Morgan fingerprint density at radius 1 is 1.39 bits per heavy atom. The van der Waals surface area contributed by atoms with Crippen molar-refractivity contribution in [1.82, 2.24) is 10.1 Å². The highest BCUT2D eigenvalue weighted by atomic mass is 19.2. The zero-order chi connectivity index (χ0) is 13.1. The molecule has 4 nitrogen and oxygen atoms in total. The van der Waals surface area contributed by atoms with Gasteiger partial charge in [-0.25, -0.2) is 8.78 Å². The monoisotopic (exact) mass is 253 g/mol. The van der Waals surface area contributed by atoms with Crippen LogP contribution in [-0.4, -0.2) is 10.1 Å². The molecule has 6 heteroatoms. The predicted molar refractivity (Wildman–Crippen MR) is 60.7 cm³/mol. The molecule has 0 spiro atoms. The fourth-order valence-electron chi connectivity index (χ4n) is 1.52. The van der Waals surface area contributed by atoms with Crippen molar-refractivity contribution in [3.63, 3.8) is 0 Å². The molecule has 1 aromatic carbocycles. The molecule has 0 aliphatic rings. The highest BCUT2D eigenvalue weighted by Gasteiger charge is 2.15. The molecule has 0 aliphatic carbocycles. The third-order valence-electron chi connectivity index (χ3n) is 2.63. The van der Waals surface area contributed by atoms with E-state index in [9.17, 15) is 8.78 Å². The molecule has 0 fully saturated rings. The maximum Gasteiger partial charge on any atom is 0.231 e.